The monoisotopic (exact) mass is 232 g/mol. The number of hydrogen-bond acceptors (Lipinski definition) is 3. The normalized spacial score (nSPS) is 12.2. The van der Waals surface area contributed by atoms with Gasteiger partial charge in [-0.25, -0.2) is 0 Å². The first-order valence-electron chi connectivity index (χ1n) is 5.98. The number of aliphatic hydroxyl groups excluding tert-OH is 1. The maximum Gasteiger partial charge on any atom is 0.0761 e. The highest BCUT2D eigenvalue weighted by atomic mass is 16.3. The quantitative estimate of drug-likeness (QED) is 0.849. The van der Waals surface area contributed by atoms with Crippen molar-refractivity contribution in [3.8, 4) is 6.07 Å². The van der Waals surface area contributed by atoms with Gasteiger partial charge in [0.25, 0.3) is 0 Å². The van der Waals surface area contributed by atoms with Crippen LogP contribution in [0, 0.1) is 11.3 Å². The SMILES string of the molecule is CC(C)N(CCC#N)c1ccc([C@H](C)O)cc1. The van der Waals surface area contributed by atoms with Gasteiger partial charge >= 0.3 is 0 Å². The lowest BCUT2D eigenvalue weighted by Gasteiger charge is -2.28. The van der Waals surface area contributed by atoms with Crippen LogP contribution in [0.25, 0.3) is 0 Å². The summed E-state index contributed by atoms with van der Waals surface area (Å²) in [4.78, 5) is 2.19. The van der Waals surface area contributed by atoms with Crippen LogP contribution >= 0.6 is 0 Å². The molecule has 1 N–H and O–H groups in total. The van der Waals surface area contributed by atoms with Gasteiger partial charge in [-0.3, -0.25) is 0 Å². The van der Waals surface area contributed by atoms with Gasteiger partial charge in [0.05, 0.1) is 18.6 Å². The molecule has 1 rings (SSSR count). The molecule has 92 valence electrons. The molecule has 0 saturated heterocycles. The summed E-state index contributed by atoms with van der Waals surface area (Å²) in [5.41, 5.74) is 2.01. The molecule has 0 spiro atoms. The van der Waals surface area contributed by atoms with E-state index < -0.39 is 6.10 Å². The third-order valence-corrected chi connectivity index (χ3v) is 2.79. The van der Waals surface area contributed by atoms with E-state index in [0.29, 0.717) is 12.5 Å². The van der Waals surface area contributed by atoms with Gasteiger partial charge in [-0.15, -0.1) is 0 Å². The summed E-state index contributed by atoms with van der Waals surface area (Å²) in [6.07, 6.45) is 0.0896. The van der Waals surface area contributed by atoms with Crippen LogP contribution in [0.3, 0.4) is 0 Å². The Labute approximate surface area is 103 Å². The van der Waals surface area contributed by atoms with Crippen LogP contribution in [0.4, 0.5) is 5.69 Å². The Kier molecular flexibility index (Phi) is 4.99. The Balaban J connectivity index is 2.84. The average Bonchev–Trinajstić information content (AvgIpc) is 2.29. The fourth-order valence-electron chi connectivity index (χ4n) is 1.80. The number of hydrogen-bond donors (Lipinski definition) is 1. The largest absolute Gasteiger partial charge is 0.389 e. The molecule has 1 atom stereocenters. The van der Waals surface area contributed by atoms with Gasteiger partial charge in [-0.05, 0) is 38.5 Å². The fourth-order valence-corrected chi connectivity index (χ4v) is 1.80. The predicted molar refractivity (Wildman–Crippen MR) is 69.8 cm³/mol. The fraction of sp³-hybridized carbons (Fsp3) is 0.500. The summed E-state index contributed by atoms with van der Waals surface area (Å²) in [6, 6.07) is 10.4. The van der Waals surface area contributed by atoms with Crippen molar-refractivity contribution in [2.75, 3.05) is 11.4 Å². The molecule has 1 aromatic carbocycles. The Morgan fingerprint density at radius 3 is 2.24 bits per heavy atom. The minimum Gasteiger partial charge on any atom is -0.389 e. The van der Waals surface area contributed by atoms with Crippen LogP contribution < -0.4 is 4.90 Å². The van der Waals surface area contributed by atoms with Crippen molar-refractivity contribution < 1.29 is 5.11 Å². The second-order valence-electron chi connectivity index (χ2n) is 4.46. The smallest absolute Gasteiger partial charge is 0.0761 e. The zero-order valence-corrected chi connectivity index (χ0v) is 10.7. The van der Waals surface area contributed by atoms with Gasteiger partial charge in [0.15, 0.2) is 0 Å². The lowest BCUT2D eigenvalue weighted by molar-refractivity contribution is 0.199. The number of anilines is 1. The highest BCUT2D eigenvalue weighted by molar-refractivity contribution is 5.48. The van der Waals surface area contributed by atoms with Gasteiger partial charge < -0.3 is 10.0 Å². The Bertz CT molecular complexity index is 376. The standard InChI is InChI=1S/C14H20N2O/c1-11(2)16(10-4-9-15)14-7-5-13(6-8-14)12(3)17/h5-8,11-12,17H,4,10H2,1-3H3/t12-/m0/s1. The molecule has 0 aliphatic carbocycles. The van der Waals surface area contributed by atoms with Crippen molar-refractivity contribution >= 4 is 5.69 Å². The Morgan fingerprint density at radius 2 is 1.82 bits per heavy atom. The molecule has 17 heavy (non-hydrogen) atoms. The first kappa shape index (κ1) is 13.5. The summed E-state index contributed by atoms with van der Waals surface area (Å²) >= 11 is 0. The van der Waals surface area contributed by atoms with E-state index in [-0.39, 0.29) is 0 Å². The maximum atomic E-state index is 9.45. The number of aliphatic hydroxyl groups is 1. The van der Waals surface area contributed by atoms with E-state index >= 15 is 0 Å². The van der Waals surface area contributed by atoms with Crippen LogP contribution in [-0.4, -0.2) is 17.7 Å². The van der Waals surface area contributed by atoms with E-state index in [1.807, 2.05) is 24.3 Å². The van der Waals surface area contributed by atoms with Gasteiger partial charge in [-0.1, -0.05) is 12.1 Å². The van der Waals surface area contributed by atoms with Gasteiger partial charge in [0.2, 0.25) is 0 Å². The molecule has 0 fully saturated rings. The van der Waals surface area contributed by atoms with Crippen LogP contribution in [0.5, 0.6) is 0 Å². The predicted octanol–water partition coefficient (Wildman–Crippen LogP) is 2.87. The third-order valence-electron chi connectivity index (χ3n) is 2.79. The minimum absolute atomic E-state index is 0.362. The number of benzene rings is 1. The lowest BCUT2D eigenvalue weighted by Crippen LogP contribution is -2.31. The van der Waals surface area contributed by atoms with E-state index in [1.54, 1.807) is 6.92 Å². The van der Waals surface area contributed by atoms with E-state index in [2.05, 4.69) is 24.8 Å². The van der Waals surface area contributed by atoms with Crippen molar-refractivity contribution in [2.24, 2.45) is 0 Å². The Hall–Kier alpha value is -1.53. The molecular formula is C14H20N2O. The molecule has 0 saturated carbocycles. The molecule has 0 heterocycles. The summed E-state index contributed by atoms with van der Waals surface area (Å²) < 4.78 is 0. The molecule has 3 nitrogen and oxygen atoms in total. The first-order chi connectivity index (χ1) is 8.06. The van der Waals surface area contributed by atoms with Gasteiger partial charge in [0, 0.05) is 18.3 Å². The highest BCUT2D eigenvalue weighted by Crippen LogP contribution is 2.21. The molecule has 0 aromatic heterocycles. The summed E-state index contributed by atoms with van der Waals surface area (Å²) in [5.74, 6) is 0. The van der Waals surface area contributed by atoms with E-state index in [4.69, 9.17) is 5.26 Å². The Morgan fingerprint density at radius 1 is 1.24 bits per heavy atom. The third kappa shape index (κ3) is 3.76. The molecule has 0 radical (unpaired) electrons. The average molecular weight is 232 g/mol. The number of rotatable bonds is 5. The van der Waals surface area contributed by atoms with E-state index in [0.717, 1.165) is 17.8 Å². The molecule has 1 aromatic rings. The van der Waals surface area contributed by atoms with Gasteiger partial charge in [-0.2, -0.15) is 5.26 Å². The molecule has 0 amide bonds. The van der Waals surface area contributed by atoms with E-state index in [1.165, 1.54) is 0 Å². The maximum absolute atomic E-state index is 9.45. The zero-order chi connectivity index (χ0) is 12.8. The number of nitrogens with zero attached hydrogens (tertiary/aromatic N) is 2. The summed E-state index contributed by atoms with van der Waals surface area (Å²) in [7, 11) is 0. The van der Waals surface area contributed by atoms with Crippen LogP contribution in [0.2, 0.25) is 0 Å². The second-order valence-corrected chi connectivity index (χ2v) is 4.46. The van der Waals surface area contributed by atoms with Crippen molar-refractivity contribution in [2.45, 2.75) is 39.3 Å². The molecule has 0 unspecified atom stereocenters. The lowest BCUT2D eigenvalue weighted by atomic mass is 10.1. The second kappa shape index (κ2) is 6.27. The number of nitriles is 1. The molecule has 3 heteroatoms. The topological polar surface area (TPSA) is 47.3 Å². The summed E-state index contributed by atoms with van der Waals surface area (Å²) in [6.45, 7) is 6.72. The molecule has 0 aliphatic heterocycles. The van der Waals surface area contributed by atoms with Crippen molar-refractivity contribution in [3.63, 3.8) is 0 Å². The van der Waals surface area contributed by atoms with Crippen LogP contribution in [-0.2, 0) is 0 Å². The van der Waals surface area contributed by atoms with Crippen molar-refractivity contribution in [1.29, 1.82) is 5.26 Å². The molecular weight excluding hydrogens is 212 g/mol. The first-order valence-corrected chi connectivity index (χ1v) is 5.98. The van der Waals surface area contributed by atoms with Crippen molar-refractivity contribution in [1.82, 2.24) is 0 Å². The van der Waals surface area contributed by atoms with Crippen LogP contribution in [0.15, 0.2) is 24.3 Å². The molecule has 0 bridgehead atoms. The highest BCUT2D eigenvalue weighted by Gasteiger charge is 2.10. The van der Waals surface area contributed by atoms with Crippen LogP contribution in [0.1, 0.15) is 38.9 Å². The minimum atomic E-state index is -0.435. The van der Waals surface area contributed by atoms with Crippen molar-refractivity contribution in [3.05, 3.63) is 29.8 Å². The van der Waals surface area contributed by atoms with E-state index in [9.17, 15) is 5.11 Å². The zero-order valence-electron chi connectivity index (χ0n) is 10.7. The molecule has 0 aliphatic rings. The van der Waals surface area contributed by atoms with Gasteiger partial charge in [0.1, 0.15) is 0 Å². The summed E-state index contributed by atoms with van der Waals surface area (Å²) in [5, 5.41) is 18.1.